The van der Waals surface area contributed by atoms with E-state index in [1.54, 1.807) is 43.5 Å². The molecule has 0 unspecified atom stereocenters. The summed E-state index contributed by atoms with van der Waals surface area (Å²) in [5.41, 5.74) is 2.67. The van der Waals surface area contributed by atoms with E-state index >= 15 is 0 Å². The van der Waals surface area contributed by atoms with Crippen LogP contribution >= 0.6 is 0 Å². The molecule has 1 N–H and O–H groups in total. The molecule has 0 saturated carbocycles. The summed E-state index contributed by atoms with van der Waals surface area (Å²) >= 11 is 0. The van der Waals surface area contributed by atoms with Crippen LogP contribution in [0, 0.1) is 0 Å². The maximum atomic E-state index is 12.7. The zero-order valence-corrected chi connectivity index (χ0v) is 15.1. The molecule has 1 amide bonds. The van der Waals surface area contributed by atoms with Gasteiger partial charge in [-0.15, -0.1) is 0 Å². The van der Waals surface area contributed by atoms with Crippen LogP contribution in [0.25, 0.3) is 0 Å². The number of benzene rings is 3. The molecule has 0 aromatic heterocycles. The van der Waals surface area contributed by atoms with Gasteiger partial charge in [0.1, 0.15) is 5.75 Å². The Morgan fingerprint density at radius 2 is 1.52 bits per heavy atom. The standard InChI is InChI=1S/C23H21NO3/c1-27-19-14-11-17(12-15-19)13-16-22(25)24-21-10-6-5-9-20(21)23(26)18-7-3-2-4-8-18/h2-12,14-15H,13,16H2,1H3,(H,24,25). The van der Waals surface area contributed by atoms with Gasteiger partial charge in [0.05, 0.1) is 12.8 Å². The molecule has 0 radical (unpaired) electrons. The van der Waals surface area contributed by atoms with Gasteiger partial charge in [0, 0.05) is 17.5 Å². The maximum absolute atomic E-state index is 12.7. The highest BCUT2D eigenvalue weighted by molar-refractivity contribution is 6.13. The molecule has 4 heteroatoms. The van der Waals surface area contributed by atoms with Crippen LogP contribution in [0.4, 0.5) is 5.69 Å². The zero-order chi connectivity index (χ0) is 19.1. The Kier molecular flexibility index (Phi) is 6.00. The summed E-state index contributed by atoms with van der Waals surface area (Å²) in [6.07, 6.45) is 0.949. The fraction of sp³-hybridized carbons (Fsp3) is 0.130. The summed E-state index contributed by atoms with van der Waals surface area (Å²) in [5, 5.41) is 2.87. The Bertz CT molecular complexity index is 918. The molecule has 0 heterocycles. The lowest BCUT2D eigenvalue weighted by atomic mass is 10.0. The monoisotopic (exact) mass is 359 g/mol. The number of methoxy groups -OCH3 is 1. The highest BCUT2D eigenvalue weighted by atomic mass is 16.5. The SMILES string of the molecule is COc1ccc(CCC(=O)Nc2ccccc2C(=O)c2ccccc2)cc1. The Labute approximate surface area is 158 Å². The first-order chi connectivity index (χ1) is 13.2. The summed E-state index contributed by atoms with van der Waals surface area (Å²) in [6.45, 7) is 0. The van der Waals surface area contributed by atoms with Crippen molar-refractivity contribution in [2.75, 3.05) is 12.4 Å². The molecule has 0 atom stereocenters. The number of hydrogen-bond donors (Lipinski definition) is 1. The van der Waals surface area contributed by atoms with Crippen molar-refractivity contribution >= 4 is 17.4 Å². The Morgan fingerprint density at radius 1 is 0.852 bits per heavy atom. The first-order valence-corrected chi connectivity index (χ1v) is 8.79. The second-order valence-corrected chi connectivity index (χ2v) is 6.14. The first kappa shape index (κ1) is 18.4. The predicted octanol–water partition coefficient (Wildman–Crippen LogP) is 4.50. The molecule has 136 valence electrons. The zero-order valence-electron chi connectivity index (χ0n) is 15.1. The highest BCUT2D eigenvalue weighted by Gasteiger charge is 2.14. The van der Waals surface area contributed by atoms with Crippen molar-refractivity contribution in [1.29, 1.82) is 0 Å². The van der Waals surface area contributed by atoms with Gasteiger partial charge in [-0.3, -0.25) is 9.59 Å². The molecule has 27 heavy (non-hydrogen) atoms. The number of rotatable bonds is 7. The summed E-state index contributed by atoms with van der Waals surface area (Å²) in [4.78, 5) is 25.1. The topological polar surface area (TPSA) is 55.4 Å². The van der Waals surface area contributed by atoms with E-state index in [4.69, 9.17) is 4.74 Å². The maximum Gasteiger partial charge on any atom is 0.224 e. The third-order valence-electron chi connectivity index (χ3n) is 4.28. The van der Waals surface area contributed by atoms with Crippen molar-refractivity contribution in [2.24, 2.45) is 0 Å². The fourth-order valence-corrected chi connectivity index (χ4v) is 2.80. The Hall–Kier alpha value is -3.40. The number of aryl methyl sites for hydroxylation is 1. The van der Waals surface area contributed by atoms with Gasteiger partial charge in [-0.1, -0.05) is 54.6 Å². The van der Waals surface area contributed by atoms with Crippen molar-refractivity contribution in [3.63, 3.8) is 0 Å². The average molecular weight is 359 g/mol. The lowest BCUT2D eigenvalue weighted by Gasteiger charge is -2.11. The number of para-hydroxylation sites is 1. The van der Waals surface area contributed by atoms with Crippen LogP contribution in [0.3, 0.4) is 0 Å². The molecule has 0 spiro atoms. The number of nitrogens with one attached hydrogen (secondary N) is 1. The smallest absolute Gasteiger partial charge is 0.224 e. The molecule has 0 aliphatic heterocycles. The molecule has 0 bridgehead atoms. The van der Waals surface area contributed by atoms with E-state index in [2.05, 4.69) is 5.32 Å². The first-order valence-electron chi connectivity index (χ1n) is 8.79. The second kappa shape index (κ2) is 8.81. The van der Waals surface area contributed by atoms with Gasteiger partial charge >= 0.3 is 0 Å². The van der Waals surface area contributed by atoms with Crippen LogP contribution in [-0.4, -0.2) is 18.8 Å². The Morgan fingerprint density at radius 3 is 2.22 bits per heavy atom. The number of amides is 1. The summed E-state index contributed by atoms with van der Waals surface area (Å²) in [6, 6.07) is 23.8. The number of anilines is 1. The fourth-order valence-electron chi connectivity index (χ4n) is 2.80. The van der Waals surface area contributed by atoms with E-state index in [0.29, 0.717) is 29.7 Å². The van der Waals surface area contributed by atoms with Gasteiger partial charge in [-0.05, 0) is 36.2 Å². The van der Waals surface area contributed by atoms with E-state index in [1.165, 1.54) is 0 Å². The van der Waals surface area contributed by atoms with Crippen molar-refractivity contribution in [3.05, 3.63) is 95.6 Å². The number of carbonyl (C=O) groups excluding carboxylic acids is 2. The quantitative estimate of drug-likeness (QED) is 0.632. The lowest BCUT2D eigenvalue weighted by molar-refractivity contribution is -0.116. The van der Waals surface area contributed by atoms with Crippen LogP contribution in [0.5, 0.6) is 5.75 Å². The van der Waals surface area contributed by atoms with Gasteiger partial charge in [0.2, 0.25) is 5.91 Å². The molecular formula is C23H21NO3. The number of ketones is 1. The summed E-state index contributed by atoms with van der Waals surface area (Å²) in [5.74, 6) is 0.553. The molecule has 3 aromatic rings. The van der Waals surface area contributed by atoms with Crippen molar-refractivity contribution in [2.45, 2.75) is 12.8 Å². The third-order valence-corrected chi connectivity index (χ3v) is 4.28. The van der Waals surface area contributed by atoms with E-state index in [9.17, 15) is 9.59 Å². The number of hydrogen-bond acceptors (Lipinski definition) is 3. The van der Waals surface area contributed by atoms with Crippen molar-refractivity contribution in [3.8, 4) is 5.75 Å². The highest BCUT2D eigenvalue weighted by Crippen LogP contribution is 2.20. The minimum absolute atomic E-state index is 0.110. The summed E-state index contributed by atoms with van der Waals surface area (Å²) < 4.78 is 5.13. The van der Waals surface area contributed by atoms with Gasteiger partial charge < -0.3 is 10.1 Å². The van der Waals surface area contributed by atoms with Crippen LogP contribution in [-0.2, 0) is 11.2 Å². The van der Waals surface area contributed by atoms with Crippen molar-refractivity contribution in [1.82, 2.24) is 0 Å². The Balaban J connectivity index is 1.66. The lowest BCUT2D eigenvalue weighted by Crippen LogP contribution is -2.15. The molecule has 0 saturated heterocycles. The van der Waals surface area contributed by atoms with Gasteiger partial charge in [-0.25, -0.2) is 0 Å². The van der Waals surface area contributed by atoms with Gasteiger partial charge in [-0.2, -0.15) is 0 Å². The van der Waals surface area contributed by atoms with Crippen LogP contribution in [0.2, 0.25) is 0 Å². The molecule has 0 fully saturated rings. The van der Waals surface area contributed by atoms with Crippen molar-refractivity contribution < 1.29 is 14.3 Å². The van der Waals surface area contributed by atoms with Crippen LogP contribution in [0.1, 0.15) is 27.9 Å². The number of carbonyl (C=O) groups is 2. The van der Waals surface area contributed by atoms with Crippen LogP contribution in [0.15, 0.2) is 78.9 Å². The number of ether oxygens (including phenoxy) is 1. The van der Waals surface area contributed by atoms with E-state index in [1.807, 2.05) is 42.5 Å². The predicted molar refractivity (Wildman–Crippen MR) is 106 cm³/mol. The summed E-state index contributed by atoms with van der Waals surface area (Å²) in [7, 11) is 1.62. The molecular weight excluding hydrogens is 338 g/mol. The molecule has 0 aliphatic rings. The average Bonchev–Trinajstić information content (AvgIpc) is 2.73. The molecule has 0 aliphatic carbocycles. The molecule has 3 rings (SSSR count). The van der Waals surface area contributed by atoms with E-state index in [0.717, 1.165) is 11.3 Å². The van der Waals surface area contributed by atoms with E-state index < -0.39 is 0 Å². The molecule has 3 aromatic carbocycles. The van der Waals surface area contributed by atoms with Gasteiger partial charge in [0.25, 0.3) is 0 Å². The van der Waals surface area contributed by atoms with Crippen LogP contribution < -0.4 is 10.1 Å². The molecule has 4 nitrogen and oxygen atoms in total. The largest absolute Gasteiger partial charge is 0.497 e. The second-order valence-electron chi connectivity index (χ2n) is 6.14. The minimum atomic E-state index is -0.126. The van der Waals surface area contributed by atoms with E-state index in [-0.39, 0.29) is 11.7 Å². The minimum Gasteiger partial charge on any atom is -0.497 e. The normalized spacial score (nSPS) is 10.3. The third kappa shape index (κ3) is 4.82. The van der Waals surface area contributed by atoms with Gasteiger partial charge in [0.15, 0.2) is 5.78 Å².